The average Bonchev–Trinajstić information content (AvgIpc) is 3.43. The predicted octanol–water partition coefficient (Wildman–Crippen LogP) is 4.83. The van der Waals surface area contributed by atoms with Gasteiger partial charge in [-0.1, -0.05) is 31.9 Å². The highest BCUT2D eigenvalue weighted by Crippen LogP contribution is 2.40. The normalized spacial score (nSPS) is 22.0. The molecule has 7 nitrogen and oxygen atoms in total. The van der Waals surface area contributed by atoms with E-state index in [1.165, 1.54) is 5.69 Å². The van der Waals surface area contributed by atoms with E-state index in [0.717, 1.165) is 55.5 Å². The molecule has 0 bridgehead atoms. The second-order valence-electron chi connectivity index (χ2n) is 10.0. The van der Waals surface area contributed by atoms with Gasteiger partial charge in [-0.2, -0.15) is 10.2 Å². The van der Waals surface area contributed by atoms with Crippen molar-refractivity contribution in [2.24, 2.45) is 18.4 Å². The molecule has 0 aromatic carbocycles. The third-order valence-corrected chi connectivity index (χ3v) is 7.07. The van der Waals surface area contributed by atoms with Gasteiger partial charge in [0.25, 0.3) is 0 Å². The van der Waals surface area contributed by atoms with Gasteiger partial charge >= 0.3 is 0 Å². The second kappa shape index (κ2) is 8.03. The van der Waals surface area contributed by atoms with Crippen molar-refractivity contribution in [3.63, 3.8) is 0 Å². The van der Waals surface area contributed by atoms with Gasteiger partial charge in [0, 0.05) is 54.6 Å². The van der Waals surface area contributed by atoms with Gasteiger partial charge in [0.15, 0.2) is 0 Å². The first-order chi connectivity index (χ1) is 15.3. The first-order valence-electron chi connectivity index (χ1n) is 11.3. The Morgan fingerprint density at radius 3 is 2.88 bits per heavy atom. The lowest BCUT2D eigenvalue weighted by Crippen LogP contribution is -2.28. The van der Waals surface area contributed by atoms with Gasteiger partial charge in [-0.15, -0.1) is 0 Å². The van der Waals surface area contributed by atoms with Gasteiger partial charge in [-0.3, -0.25) is 14.2 Å². The van der Waals surface area contributed by atoms with Crippen LogP contribution in [0.25, 0.3) is 11.1 Å². The maximum absolute atomic E-state index is 13.1. The van der Waals surface area contributed by atoms with E-state index in [1.54, 1.807) is 6.20 Å². The molecule has 1 aliphatic carbocycles. The maximum atomic E-state index is 13.1. The van der Waals surface area contributed by atoms with Crippen LogP contribution in [-0.2, 0) is 24.8 Å². The van der Waals surface area contributed by atoms with Crippen LogP contribution in [0.2, 0.25) is 5.02 Å². The molecule has 1 N–H and O–H groups in total. The number of hydrogen-bond acceptors (Lipinski definition) is 4. The van der Waals surface area contributed by atoms with Gasteiger partial charge in [0.1, 0.15) is 5.82 Å². The SMILES string of the molecule is Cn1ccc([C@H]2CCC[C@@H](C(=O)Nc3cc(-c4cnn5c4CC(C)(C)C5)c(Cl)cn3)C2)n1. The molecule has 3 aromatic heterocycles. The molecule has 2 atom stereocenters. The lowest BCUT2D eigenvalue weighted by molar-refractivity contribution is -0.121. The van der Waals surface area contributed by atoms with Crippen LogP contribution in [0.3, 0.4) is 0 Å². The summed E-state index contributed by atoms with van der Waals surface area (Å²) in [6.07, 6.45) is 10.2. The number of halogens is 1. The van der Waals surface area contributed by atoms with Crippen LogP contribution in [0.1, 0.15) is 56.8 Å². The van der Waals surface area contributed by atoms with Crippen LogP contribution >= 0.6 is 11.6 Å². The van der Waals surface area contributed by atoms with Crippen molar-refractivity contribution in [1.29, 1.82) is 0 Å². The maximum Gasteiger partial charge on any atom is 0.228 e. The first kappa shape index (κ1) is 21.2. The van der Waals surface area contributed by atoms with E-state index < -0.39 is 0 Å². The van der Waals surface area contributed by atoms with Crippen molar-refractivity contribution in [2.45, 2.75) is 58.4 Å². The largest absolute Gasteiger partial charge is 0.310 e. The molecule has 0 unspecified atom stereocenters. The molecule has 0 radical (unpaired) electrons. The summed E-state index contributed by atoms with van der Waals surface area (Å²) in [5.41, 5.74) is 4.33. The summed E-state index contributed by atoms with van der Waals surface area (Å²) in [4.78, 5) is 17.5. The molecule has 1 saturated carbocycles. The predicted molar refractivity (Wildman–Crippen MR) is 124 cm³/mol. The Morgan fingerprint density at radius 1 is 1.25 bits per heavy atom. The van der Waals surface area contributed by atoms with E-state index in [1.807, 2.05) is 30.2 Å². The second-order valence-corrected chi connectivity index (χ2v) is 10.4. The zero-order valence-electron chi connectivity index (χ0n) is 18.8. The molecule has 2 aliphatic rings. The Labute approximate surface area is 193 Å². The van der Waals surface area contributed by atoms with Crippen LogP contribution in [-0.4, -0.2) is 30.5 Å². The summed E-state index contributed by atoms with van der Waals surface area (Å²) in [6.45, 7) is 5.38. The summed E-state index contributed by atoms with van der Waals surface area (Å²) < 4.78 is 3.89. The summed E-state index contributed by atoms with van der Waals surface area (Å²) in [7, 11) is 1.93. The first-order valence-corrected chi connectivity index (χ1v) is 11.7. The fourth-order valence-corrected chi connectivity index (χ4v) is 5.37. The number of nitrogens with zero attached hydrogens (tertiary/aromatic N) is 5. The van der Waals surface area contributed by atoms with Crippen molar-refractivity contribution in [3.8, 4) is 11.1 Å². The topological polar surface area (TPSA) is 77.6 Å². The lowest BCUT2D eigenvalue weighted by atomic mass is 9.79. The van der Waals surface area contributed by atoms with E-state index in [-0.39, 0.29) is 17.2 Å². The fourth-order valence-electron chi connectivity index (χ4n) is 5.16. The van der Waals surface area contributed by atoms with Crippen LogP contribution in [0.5, 0.6) is 0 Å². The van der Waals surface area contributed by atoms with Crippen molar-refractivity contribution in [2.75, 3.05) is 5.32 Å². The van der Waals surface area contributed by atoms with E-state index >= 15 is 0 Å². The molecular weight excluding hydrogens is 424 g/mol. The minimum atomic E-state index is -0.0436. The molecule has 1 aliphatic heterocycles. The van der Waals surface area contributed by atoms with Gasteiger partial charge in [0.2, 0.25) is 5.91 Å². The minimum Gasteiger partial charge on any atom is -0.310 e. The summed E-state index contributed by atoms with van der Waals surface area (Å²) in [6, 6.07) is 3.94. The zero-order chi connectivity index (χ0) is 22.5. The van der Waals surface area contributed by atoms with Gasteiger partial charge in [0.05, 0.1) is 16.9 Å². The van der Waals surface area contributed by atoms with Crippen LogP contribution in [0, 0.1) is 11.3 Å². The van der Waals surface area contributed by atoms with E-state index in [9.17, 15) is 4.79 Å². The van der Waals surface area contributed by atoms with Crippen LogP contribution in [0.4, 0.5) is 5.82 Å². The van der Waals surface area contributed by atoms with E-state index in [4.69, 9.17) is 11.6 Å². The lowest BCUT2D eigenvalue weighted by Gasteiger charge is -2.27. The molecule has 8 heteroatoms. The van der Waals surface area contributed by atoms with E-state index in [2.05, 4.69) is 45.1 Å². The van der Waals surface area contributed by atoms with Crippen molar-refractivity contribution < 1.29 is 4.79 Å². The zero-order valence-corrected chi connectivity index (χ0v) is 19.6. The highest BCUT2D eigenvalue weighted by Gasteiger charge is 2.33. The fraction of sp³-hybridized carbons (Fsp3) is 0.500. The Morgan fingerprint density at radius 2 is 2.09 bits per heavy atom. The Hall–Kier alpha value is -2.67. The third kappa shape index (κ3) is 4.06. The third-order valence-electron chi connectivity index (χ3n) is 6.77. The van der Waals surface area contributed by atoms with Gasteiger partial charge in [-0.05, 0) is 43.2 Å². The van der Waals surface area contributed by atoms with Crippen molar-refractivity contribution in [1.82, 2.24) is 24.5 Å². The molecule has 32 heavy (non-hydrogen) atoms. The molecular formula is C24H29ClN6O. The molecule has 0 spiro atoms. The monoisotopic (exact) mass is 452 g/mol. The smallest absolute Gasteiger partial charge is 0.228 e. The highest BCUT2D eigenvalue weighted by atomic mass is 35.5. The number of aromatic nitrogens is 5. The number of hydrogen-bond donors (Lipinski definition) is 1. The molecule has 1 fully saturated rings. The molecule has 1 amide bonds. The Bertz CT molecular complexity index is 1160. The number of nitrogens with one attached hydrogen (secondary N) is 1. The number of fused-ring (bicyclic) bond motifs is 1. The number of carbonyl (C=O) groups excluding carboxylic acids is 1. The number of pyridine rings is 1. The number of amides is 1. The van der Waals surface area contributed by atoms with Crippen LogP contribution < -0.4 is 5.32 Å². The number of carbonyl (C=O) groups is 1. The summed E-state index contributed by atoms with van der Waals surface area (Å²) >= 11 is 6.51. The quantitative estimate of drug-likeness (QED) is 0.615. The average molecular weight is 453 g/mol. The van der Waals surface area contributed by atoms with Crippen LogP contribution in [0.15, 0.2) is 30.7 Å². The summed E-state index contributed by atoms with van der Waals surface area (Å²) in [5.74, 6) is 0.838. The van der Waals surface area contributed by atoms with Gasteiger partial charge in [-0.25, -0.2) is 4.98 Å². The standard InChI is InChI=1S/C24H29ClN6O/c1-24(2)11-21-18(12-27-31(21)14-24)17-10-22(26-13-19(17)25)28-23(32)16-6-4-5-15(9-16)20-7-8-30(3)29-20/h7-8,10,12-13,15-16H,4-6,9,11,14H2,1-3H3,(H,26,28,32)/t15-,16+/m0/s1. The molecule has 5 rings (SSSR count). The molecule has 4 heterocycles. The Balaban J connectivity index is 1.33. The highest BCUT2D eigenvalue weighted by molar-refractivity contribution is 6.33. The van der Waals surface area contributed by atoms with Crippen molar-refractivity contribution >= 4 is 23.3 Å². The van der Waals surface area contributed by atoms with Gasteiger partial charge < -0.3 is 5.32 Å². The minimum absolute atomic E-state index is 0.0211. The molecule has 3 aromatic rings. The molecule has 168 valence electrons. The number of aryl methyl sites for hydroxylation is 1. The number of anilines is 1. The van der Waals surface area contributed by atoms with Crippen molar-refractivity contribution in [3.05, 3.63) is 47.1 Å². The summed E-state index contributed by atoms with van der Waals surface area (Å²) in [5, 5.41) is 12.7. The molecule has 0 saturated heterocycles. The number of rotatable bonds is 4. The van der Waals surface area contributed by atoms with E-state index in [0.29, 0.717) is 16.8 Å². The Kier molecular flexibility index (Phi) is 5.32.